The summed E-state index contributed by atoms with van der Waals surface area (Å²) in [5.74, 6) is -0.0366. The summed E-state index contributed by atoms with van der Waals surface area (Å²) >= 11 is 0. The number of carbonyl (C=O) groups is 2. The van der Waals surface area contributed by atoms with Gasteiger partial charge >= 0.3 is 0 Å². The predicted molar refractivity (Wildman–Crippen MR) is 115 cm³/mol. The molecule has 0 radical (unpaired) electrons. The molecular weight excluding hydrogens is 386 g/mol. The van der Waals surface area contributed by atoms with Crippen molar-refractivity contribution in [2.24, 2.45) is 0 Å². The van der Waals surface area contributed by atoms with Crippen molar-refractivity contribution in [1.29, 1.82) is 0 Å². The first-order valence-corrected chi connectivity index (χ1v) is 11.1. The molecular formula is C22H27N3O3S. The largest absolute Gasteiger partial charge is 0.354 e. The lowest BCUT2D eigenvalue weighted by atomic mass is 10.1. The molecule has 2 aromatic carbocycles. The monoisotopic (exact) mass is 413 g/mol. The minimum atomic E-state index is -1.30. The fraction of sp³-hybridized carbons (Fsp3) is 0.364. The number of benzene rings is 2. The summed E-state index contributed by atoms with van der Waals surface area (Å²) < 4.78 is 15.3. The van der Waals surface area contributed by atoms with Crippen LogP contribution in [0.1, 0.15) is 31.2 Å². The van der Waals surface area contributed by atoms with Gasteiger partial charge in [-0.3, -0.25) is 9.59 Å². The molecule has 0 spiro atoms. The second-order valence-electron chi connectivity index (χ2n) is 7.11. The van der Waals surface area contributed by atoms with Crippen LogP contribution in [0.15, 0.2) is 59.5 Å². The second-order valence-corrected chi connectivity index (χ2v) is 8.32. The Morgan fingerprint density at radius 3 is 2.52 bits per heavy atom. The molecule has 1 unspecified atom stereocenters. The molecule has 1 saturated heterocycles. The molecule has 3 rings (SSSR count). The first-order chi connectivity index (χ1) is 14.1. The third-order valence-electron chi connectivity index (χ3n) is 4.86. The second kappa shape index (κ2) is 10.8. The quantitative estimate of drug-likeness (QED) is 0.699. The van der Waals surface area contributed by atoms with E-state index >= 15 is 0 Å². The number of carbonyl (C=O) groups excluding carboxylic acids is 2. The highest BCUT2D eigenvalue weighted by Crippen LogP contribution is 2.14. The highest BCUT2D eigenvalue weighted by Gasteiger charge is 2.18. The van der Waals surface area contributed by atoms with Crippen LogP contribution in [-0.2, 0) is 27.0 Å². The van der Waals surface area contributed by atoms with Crippen molar-refractivity contribution in [2.75, 3.05) is 24.4 Å². The van der Waals surface area contributed by atoms with Gasteiger partial charge in [0.2, 0.25) is 11.8 Å². The summed E-state index contributed by atoms with van der Waals surface area (Å²) in [5, 5.41) is 2.89. The molecule has 0 aliphatic carbocycles. The maximum Gasteiger partial charge on any atom is 0.239 e. The Morgan fingerprint density at radius 1 is 1.00 bits per heavy atom. The van der Waals surface area contributed by atoms with Crippen molar-refractivity contribution < 1.29 is 13.8 Å². The van der Waals surface area contributed by atoms with Gasteiger partial charge in [0.1, 0.15) is 11.0 Å². The SMILES string of the molecule is O=C(CN1CCCCCC1=O)NCCc1ccc(NS(=O)c2ccccc2)cc1. The van der Waals surface area contributed by atoms with E-state index in [1.165, 1.54) is 0 Å². The lowest BCUT2D eigenvalue weighted by Gasteiger charge is -2.19. The van der Waals surface area contributed by atoms with Crippen LogP contribution in [0.3, 0.4) is 0 Å². The van der Waals surface area contributed by atoms with Gasteiger partial charge in [0.05, 0.1) is 11.4 Å². The number of hydrogen-bond donors (Lipinski definition) is 2. The summed E-state index contributed by atoms with van der Waals surface area (Å²) in [6, 6.07) is 16.9. The molecule has 2 N–H and O–H groups in total. The van der Waals surface area contributed by atoms with Gasteiger partial charge in [-0.05, 0) is 49.1 Å². The standard InChI is InChI=1S/C22H27N3O3S/c26-21(17-25-16-6-2-5-9-22(25)27)23-15-14-18-10-12-19(13-11-18)24-29(28)20-7-3-1-4-8-20/h1,3-4,7-8,10-13,24H,2,5-6,9,14-17H2,(H,23,26). The van der Waals surface area contributed by atoms with E-state index in [4.69, 9.17) is 0 Å². The lowest BCUT2D eigenvalue weighted by Crippen LogP contribution is -2.41. The number of anilines is 1. The molecule has 1 aliphatic rings. The lowest BCUT2D eigenvalue weighted by molar-refractivity contribution is -0.135. The summed E-state index contributed by atoms with van der Waals surface area (Å²) in [5.41, 5.74) is 1.85. The van der Waals surface area contributed by atoms with Crippen LogP contribution in [0.4, 0.5) is 5.69 Å². The van der Waals surface area contributed by atoms with E-state index in [0.717, 1.165) is 35.4 Å². The van der Waals surface area contributed by atoms with Gasteiger partial charge in [-0.2, -0.15) is 0 Å². The van der Waals surface area contributed by atoms with Gasteiger partial charge in [-0.15, -0.1) is 0 Å². The van der Waals surface area contributed by atoms with Crippen LogP contribution in [0.2, 0.25) is 0 Å². The average Bonchev–Trinajstić information content (AvgIpc) is 2.94. The van der Waals surface area contributed by atoms with Crippen molar-refractivity contribution in [2.45, 2.75) is 37.0 Å². The van der Waals surface area contributed by atoms with Crippen molar-refractivity contribution in [3.8, 4) is 0 Å². The van der Waals surface area contributed by atoms with E-state index in [1.54, 1.807) is 4.90 Å². The predicted octanol–water partition coefficient (Wildman–Crippen LogP) is 2.88. The van der Waals surface area contributed by atoms with Crippen molar-refractivity contribution >= 4 is 28.5 Å². The number of amides is 2. The van der Waals surface area contributed by atoms with E-state index in [9.17, 15) is 13.8 Å². The zero-order chi connectivity index (χ0) is 20.5. The highest BCUT2D eigenvalue weighted by molar-refractivity contribution is 7.86. The van der Waals surface area contributed by atoms with Crippen LogP contribution in [0.25, 0.3) is 0 Å². The summed E-state index contributed by atoms with van der Waals surface area (Å²) in [7, 11) is -1.30. The topological polar surface area (TPSA) is 78.5 Å². The number of likely N-dealkylation sites (tertiary alicyclic amines) is 1. The molecule has 0 saturated carbocycles. The molecule has 0 aromatic heterocycles. The first-order valence-electron chi connectivity index (χ1n) is 9.99. The van der Waals surface area contributed by atoms with Crippen molar-refractivity contribution in [3.63, 3.8) is 0 Å². The van der Waals surface area contributed by atoms with E-state index in [0.29, 0.717) is 25.9 Å². The maximum atomic E-state index is 12.3. The zero-order valence-corrected chi connectivity index (χ0v) is 17.2. The van der Waals surface area contributed by atoms with Crippen LogP contribution in [0.5, 0.6) is 0 Å². The molecule has 1 fully saturated rings. The van der Waals surface area contributed by atoms with E-state index in [2.05, 4.69) is 10.0 Å². The zero-order valence-electron chi connectivity index (χ0n) is 16.4. The Balaban J connectivity index is 1.41. The third kappa shape index (κ3) is 6.71. The van der Waals surface area contributed by atoms with Crippen LogP contribution in [-0.4, -0.2) is 40.6 Å². The van der Waals surface area contributed by atoms with Gasteiger partial charge in [-0.1, -0.05) is 36.8 Å². The van der Waals surface area contributed by atoms with Gasteiger partial charge in [0.25, 0.3) is 0 Å². The molecule has 1 aliphatic heterocycles. The molecule has 2 aromatic rings. The summed E-state index contributed by atoms with van der Waals surface area (Å²) in [4.78, 5) is 26.5. The Morgan fingerprint density at radius 2 is 1.76 bits per heavy atom. The number of rotatable bonds is 8. The van der Waals surface area contributed by atoms with E-state index < -0.39 is 11.0 Å². The van der Waals surface area contributed by atoms with Gasteiger partial charge < -0.3 is 14.9 Å². The number of nitrogens with one attached hydrogen (secondary N) is 2. The third-order valence-corrected chi connectivity index (χ3v) is 5.98. The number of hydrogen-bond acceptors (Lipinski definition) is 3. The van der Waals surface area contributed by atoms with Gasteiger partial charge in [0, 0.05) is 25.2 Å². The highest BCUT2D eigenvalue weighted by atomic mass is 32.2. The molecule has 7 heteroatoms. The number of nitrogens with zero attached hydrogens (tertiary/aromatic N) is 1. The maximum absolute atomic E-state index is 12.3. The van der Waals surface area contributed by atoms with Crippen LogP contribution in [0, 0.1) is 0 Å². The Hall–Kier alpha value is -2.67. The molecule has 29 heavy (non-hydrogen) atoms. The first kappa shape index (κ1) is 21.0. The van der Waals surface area contributed by atoms with Gasteiger partial charge in [0.15, 0.2) is 0 Å². The molecule has 1 heterocycles. The summed E-state index contributed by atoms with van der Waals surface area (Å²) in [6.07, 6.45) is 4.17. The molecule has 6 nitrogen and oxygen atoms in total. The minimum absolute atomic E-state index is 0.0774. The van der Waals surface area contributed by atoms with Crippen molar-refractivity contribution in [1.82, 2.24) is 10.2 Å². The Kier molecular flexibility index (Phi) is 7.81. The Bertz CT molecular complexity index is 840. The van der Waals surface area contributed by atoms with Crippen LogP contribution < -0.4 is 10.0 Å². The fourth-order valence-electron chi connectivity index (χ4n) is 3.23. The Labute approximate surface area is 174 Å². The normalized spacial score (nSPS) is 15.4. The van der Waals surface area contributed by atoms with Gasteiger partial charge in [-0.25, -0.2) is 4.21 Å². The molecule has 154 valence electrons. The molecule has 2 amide bonds. The van der Waals surface area contributed by atoms with Crippen LogP contribution >= 0.6 is 0 Å². The summed E-state index contributed by atoms with van der Waals surface area (Å²) in [6.45, 7) is 1.33. The van der Waals surface area contributed by atoms with Crippen molar-refractivity contribution in [3.05, 3.63) is 60.2 Å². The smallest absolute Gasteiger partial charge is 0.239 e. The van der Waals surface area contributed by atoms with E-state index in [-0.39, 0.29) is 18.4 Å². The minimum Gasteiger partial charge on any atom is -0.354 e. The molecule has 1 atom stereocenters. The average molecular weight is 414 g/mol. The molecule has 0 bridgehead atoms. The van der Waals surface area contributed by atoms with E-state index in [1.807, 2.05) is 54.6 Å². The fourth-order valence-corrected chi connectivity index (χ4v) is 4.10.